The molecule has 5 heteroatoms. The fraction of sp³-hybridized carbons (Fsp3) is 0.500. The van der Waals surface area contributed by atoms with Gasteiger partial charge in [-0.25, -0.2) is 4.39 Å². The van der Waals surface area contributed by atoms with Gasteiger partial charge in [-0.2, -0.15) is 0 Å². The highest BCUT2D eigenvalue weighted by molar-refractivity contribution is 6.32. The number of likely N-dealkylation sites (N-methyl/N-ethyl adjacent to an activating group) is 1. The fourth-order valence-corrected chi connectivity index (χ4v) is 2.24. The van der Waals surface area contributed by atoms with Gasteiger partial charge in [0, 0.05) is 19.6 Å². The van der Waals surface area contributed by atoms with Crippen LogP contribution in [0.25, 0.3) is 0 Å². The number of rotatable bonds is 4. The van der Waals surface area contributed by atoms with Crippen LogP contribution in [0.4, 0.5) is 4.39 Å². The summed E-state index contributed by atoms with van der Waals surface area (Å²) in [5.41, 5.74) is 0. The van der Waals surface area contributed by atoms with Crippen LogP contribution >= 0.6 is 11.6 Å². The molecule has 0 radical (unpaired) electrons. The van der Waals surface area contributed by atoms with Crippen molar-refractivity contribution in [3.05, 3.63) is 29.0 Å². The minimum Gasteiger partial charge on any atom is -0.486 e. The monoisotopic (exact) mass is 259 g/mol. The van der Waals surface area contributed by atoms with Gasteiger partial charge in [0.05, 0.1) is 5.02 Å². The van der Waals surface area contributed by atoms with Gasteiger partial charge in [0.15, 0.2) is 0 Å². The zero-order chi connectivity index (χ0) is 12.4. The lowest BCUT2D eigenvalue weighted by Crippen LogP contribution is -2.60. The highest BCUT2D eigenvalue weighted by atomic mass is 35.5. The van der Waals surface area contributed by atoms with E-state index in [2.05, 4.69) is 5.32 Å². The molecule has 1 N–H and O–H groups in total. The SMILES string of the molecule is CNC1CC(Oc2ccc(F)cc2Cl)C1OC. The molecule has 3 nitrogen and oxygen atoms in total. The van der Waals surface area contributed by atoms with Gasteiger partial charge in [0.25, 0.3) is 0 Å². The average Bonchev–Trinajstić information content (AvgIpc) is 2.26. The van der Waals surface area contributed by atoms with Gasteiger partial charge in [-0.3, -0.25) is 0 Å². The quantitative estimate of drug-likeness (QED) is 0.900. The zero-order valence-electron chi connectivity index (χ0n) is 9.74. The molecule has 1 aromatic rings. The van der Waals surface area contributed by atoms with Crippen molar-refractivity contribution < 1.29 is 13.9 Å². The van der Waals surface area contributed by atoms with Crippen molar-refractivity contribution in [1.82, 2.24) is 5.32 Å². The maximum Gasteiger partial charge on any atom is 0.138 e. The standard InChI is InChI=1S/C12H15ClFNO2/c1-15-9-6-11(12(9)16-2)17-10-4-3-7(14)5-8(10)13/h3-5,9,11-12,15H,6H2,1-2H3. The third-order valence-corrected chi connectivity index (χ3v) is 3.36. The molecule has 0 aliphatic heterocycles. The molecule has 1 saturated carbocycles. The second-order valence-electron chi connectivity index (χ2n) is 4.06. The molecule has 0 bridgehead atoms. The van der Waals surface area contributed by atoms with Crippen LogP contribution in [0.5, 0.6) is 5.75 Å². The largest absolute Gasteiger partial charge is 0.486 e. The number of halogens is 2. The van der Waals surface area contributed by atoms with Gasteiger partial charge in [-0.05, 0) is 25.2 Å². The van der Waals surface area contributed by atoms with Crippen LogP contribution in [0.2, 0.25) is 5.02 Å². The molecule has 0 heterocycles. The first kappa shape index (κ1) is 12.6. The van der Waals surface area contributed by atoms with Crippen LogP contribution in [0.1, 0.15) is 6.42 Å². The molecule has 3 atom stereocenters. The Morgan fingerprint density at radius 2 is 2.24 bits per heavy atom. The molecule has 94 valence electrons. The Kier molecular flexibility index (Phi) is 3.86. The number of hydrogen-bond acceptors (Lipinski definition) is 3. The first-order chi connectivity index (χ1) is 8.15. The zero-order valence-corrected chi connectivity index (χ0v) is 10.5. The minimum absolute atomic E-state index is 0.00104. The lowest BCUT2D eigenvalue weighted by molar-refractivity contribution is -0.0869. The first-order valence-corrected chi connectivity index (χ1v) is 5.85. The Morgan fingerprint density at radius 1 is 1.47 bits per heavy atom. The Balaban J connectivity index is 2.02. The molecular formula is C12H15ClFNO2. The summed E-state index contributed by atoms with van der Waals surface area (Å²) in [4.78, 5) is 0. The van der Waals surface area contributed by atoms with E-state index in [1.165, 1.54) is 18.2 Å². The van der Waals surface area contributed by atoms with E-state index in [1.54, 1.807) is 7.11 Å². The normalized spacial score (nSPS) is 27.6. The number of ether oxygens (including phenoxy) is 2. The summed E-state index contributed by atoms with van der Waals surface area (Å²) in [6.07, 6.45) is 0.810. The van der Waals surface area contributed by atoms with Gasteiger partial charge >= 0.3 is 0 Å². The van der Waals surface area contributed by atoms with E-state index in [4.69, 9.17) is 21.1 Å². The minimum atomic E-state index is -0.368. The predicted molar refractivity (Wildman–Crippen MR) is 64.1 cm³/mol. The van der Waals surface area contributed by atoms with E-state index in [9.17, 15) is 4.39 Å². The summed E-state index contributed by atoms with van der Waals surface area (Å²) in [6.45, 7) is 0. The van der Waals surface area contributed by atoms with Gasteiger partial charge in [0.2, 0.25) is 0 Å². The van der Waals surface area contributed by atoms with Crippen molar-refractivity contribution in [3.8, 4) is 5.75 Å². The van der Waals surface area contributed by atoms with Crippen molar-refractivity contribution in [2.75, 3.05) is 14.2 Å². The topological polar surface area (TPSA) is 30.5 Å². The number of methoxy groups -OCH3 is 1. The molecule has 17 heavy (non-hydrogen) atoms. The smallest absolute Gasteiger partial charge is 0.138 e. The summed E-state index contributed by atoms with van der Waals surface area (Å²) in [6, 6.07) is 4.41. The summed E-state index contributed by atoms with van der Waals surface area (Å²) < 4.78 is 23.9. The van der Waals surface area contributed by atoms with Gasteiger partial charge < -0.3 is 14.8 Å². The maximum absolute atomic E-state index is 12.9. The van der Waals surface area contributed by atoms with E-state index in [1.807, 2.05) is 7.05 Å². The molecule has 1 aliphatic rings. The van der Waals surface area contributed by atoms with Crippen molar-refractivity contribution in [2.24, 2.45) is 0 Å². The van der Waals surface area contributed by atoms with Crippen molar-refractivity contribution in [2.45, 2.75) is 24.7 Å². The van der Waals surface area contributed by atoms with Crippen LogP contribution in [0.15, 0.2) is 18.2 Å². The van der Waals surface area contributed by atoms with Crippen LogP contribution < -0.4 is 10.1 Å². The van der Waals surface area contributed by atoms with E-state index < -0.39 is 0 Å². The third kappa shape index (κ3) is 2.54. The Bertz CT molecular complexity index is 402. The third-order valence-electron chi connectivity index (χ3n) is 3.06. The van der Waals surface area contributed by atoms with Gasteiger partial charge in [-0.1, -0.05) is 11.6 Å². The molecular weight excluding hydrogens is 245 g/mol. The summed E-state index contributed by atoms with van der Waals surface area (Å²) in [5, 5.41) is 3.43. The molecule has 0 spiro atoms. The predicted octanol–water partition coefficient (Wildman–Crippen LogP) is 2.23. The van der Waals surface area contributed by atoms with Crippen LogP contribution in [-0.4, -0.2) is 32.4 Å². The highest BCUT2D eigenvalue weighted by Gasteiger charge is 2.42. The number of benzene rings is 1. The van der Waals surface area contributed by atoms with Crippen LogP contribution in [-0.2, 0) is 4.74 Å². The molecule has 1 fully saturated rings. The molecule has 0 saturated heterocycles. The molecule has 0 amide bonds. The van der Waals surface area contributed by atoms with E-state index >= 15 is 0 Å². The number of hydrogen-bond donors (Lipinski definition) is 1. The Morgan fingerprint density at radius 3 is 2.82 bits per heavy atom. The number of nitrogens with one attached hydrogen (secondary N) is 1. The fourth-order valence-electron chi connectivity index (χ4n) is 2.03. The Hall–Kier alpha value is -0.840. The molecule has 3 unspecified atom stereocenters. The molecule has 0 aromatic heterocycles. The second kappa shape index (κ2) is 5.21. The van der Waals surface area contributed by atoms with Crippen molar-refractivity contribution >= 4 is 11.6 Å². The van der Waals surface area contributed by atoms with Crippen molar-refractivity contribution in [3.63, 3.8) is 0 Å². The summed E-state index contributed by atoms with van der Waals surface area (Å²) in [7, 11) is 3.54. The maximum atomic E-state index is 12.9. The molecule has 2 rings (SSSR count). The lowest BCUT2D eigenvalue weighted by atomic mass is 9.85. The summed E-state index contributed by atoms with van der Waals surface area (Å²) in [5.74, 6) is 0.127. The van der Waals surface area contributed by atoms with E-state index in [0.717, 1.165) is 6.42 Å². The van der Waals surface area contributed by atoms with E-state index in [0.29, 0.717) is 11.8 Å². The summed E-state index contributed by atoms with van der Waals surface area (Å²) >= 11 is 5.89. The van der Waals surface area contributed by atoms with Gasteiger partial charge in [0.1, 0.15) is 23.8 Å². The molecule has 1 aromatic carbocycles. The molecule has 1 aliphatic carbocycles. The Labute approximate surface area is 105 Å². The van der Waals surface area contributed by atoms with Crippen LogP contribution in [0.3, 0.4) is 0 Å². The van der Waals surface area contributed by atoms with Crippen molar-refractivity contribution in [1.29, 1.82) is 0 Å². The average molecular weight is 260 g/mol. The second-order valence-corrected chi connectivity index (χ2v) is 4.47. The lowest BCUT2D eigenvalue weighted by Gasteiger charge is -2.43. The van der Waals surface area contributed by atoms with E-state index in [-0.39, 0.29) is 23.0 Å². The van der Waals surface area contributed by atoms with Crippen LogP contribution in [0, 0.1) is 5.82 Å². The first-order valence-electron chi connectivity index (χ1n) is 5.47. The van der Waals surface area contributed by atoms with Gasteiger partial charge in [-0.15, -0.1) is 0 Å². The highest BCUT2D eigenvalue weighted by Crippen LogP contribution is 2.32.